The molecule has 8 aromatic rings. The zero-order valence-corrected chi connectivity index (χ0v) is 33.4. The van der Waals surface area contributed by atoms with Gasteiger partial charge in [-0.2, -0.15) is 0 Å². The molecular formula is C47H42IrN2OSi-2. The van der Waals surface area contributed by atoms with Crippen molar-refractivity contribution < 1.29 is 28.6 Å². The van der Waals surface area contributed by atoms with Crippen LogP contribution in [0.1, 0.15) is 40.5 Å². The van der Waals surface area contributed by atoms with Crippen molar-refractivity contribution in [2.24, 2.45) is 0 Å². The number of benzene rings is 5. The van der Waals surface area contributed by atoms with Gasteiger partial charge in [-0.15, -0.1) is 59.7 Å². The number of pyridine rings is 2. The van der Waals surface area contributed by atoms with E-state index in [1.54, 1.807) is 6.20 Å². The van der Waals surface area contributed by atoms with E-state index in [1.807, 2.05) is 123 Å². The van der Waals surface area contributed by atoms with E-state index in [4.69, 9.17) is 8.53 Å². The summed E-state index contributed by atoms with van der Waals surface area (Å²) in [6.07, 6.45) is 2.07. The van der Waals surface area contributed by atoms with Gasteiger partial charge < -0.3 is 14.4 Å². The van der Waals surface area contributed by atoms with Crippen LogP contribution in [-0.2, 0) is 26.5 Å². The molecule has 1 radical (unpaired) electrons. The van der Waals surface area contributed by atoms with Crippen molar-refractivity contribution >= 4 is 35.2 Å². The first-order valence-corrected chi connectivity index (χ1v) is 20.7. The summed E-state index contributed by atoms with van der Waals surface area (Å²) in [7, 11) is -1.76. The van der Waals surface area contributed by atoms with Crippen LogP contribution in [0.5, 0.6) is 0 Å². The molecule has 3 aromatic heterocycles. The summed E-state index contributed by atoms with van der Waals surface area (Å²) < 4.78 is 32.0. The minimum atomic E-state index is -1.76. The van der Waals surface area contributed by atoms with Gasteiger partial charge in [0.2, 0.25) is 0 Å². The first-order valence-electron chi connectivity index (χ1n) is 18.7. The standard InChI is InChI=1S/C26H20NO.C21H22NSi.Ir/c1-17(2)19-12-13-27-24(16-19)21-9-11-26-23(15-21)22-14-20(8-10-25(22)28-26)18-6-4-3-5-7-18;1-23(2,3)21-16-22-20(18-12-8-5-9-13-18)15-19(21)14-17-10-6-4-7-11-17;/h3-8,10-17H,1-2H3;4-12,15-16H,14H2,1-3H3;/q2*-1;/i17D;14D2;. The number of fused-ring (bicyclic) bond motifs is 3. The molecule has 0 N–H and O–H groups in total. The number of rotatable bonds is 7. The van der Waals surface area contributed by atoms with E-state index in [9.17, 15) is 0 Å². The van der Waals surface area contributed by atoms with Gasteiger partial charge in [0, 0.05) is 42.0 Å². The van der Waals surface area contributed by atoms with Gasteiger partial charge in [-0.1, -0.05) is 129 Å². The third kappa shape index (κ3) is 8.40. The molecule has 261 valence electrons. The van der Waals surface area contributed by atoms with Gasteiger partial charge in [0.15, 0.2) is 0 Å². The van der Waals surface area contributed by atoms with Crippen LogP contribution in [-0.4, -0.2) is 18.0 Å². The van der Waals surface area contributed by atoms with Crippen molar-refractivity contribution in [3.05, 3.63) is 175 Å². The average Bonchev–Trinajstić information content (AvgIpc) is 3.55. The normalized spacial score (nSPS) is 12.6. The molecule has 0 bridgehead atoms. The summed E-state index contributed by atoms with van der Waals surface area (Å²) in [6, 6.07) is 49.9. The zero-order valence-electron chi connectivity index (χ0n) is 33.0. The fourth-order valence-electron chi connectivity index (χ4n) is 6.10. The molecule has 0 saturated carbocycles. The molecule has 52 heavy (non-hydrogen) atoms. The minimum absolute atomic E-state index is 0. The Hall–Kier alpha value is -4.93. The second-order valence-electron chi connectivity index (χ2n) is 13.9. The van der Waals surface area contributed by atoms with E-state index in [1.165, 1.54) is 5.56 Å². The molecule has 0 aliphatic rings. The van der Waals surface area contributed by atoms with E-state index < -0.39 is 20.3 Å². The first-order chi connectivity index (χ1) is 25.8. The Morgan fingerprint density at radius 2 is 1.42 bits per heavy atom. The average molecular weight is 874 g/mol. The predicted octanol–water partition coefficient (Wildman–Crippen LogP) is 11.9. The molecule has 0 spiro atoms. The largest absolute Gasteiger partial charge is 0.500 e. The van der Waals surface area contributed by atoms with Crippen LogP contribution in [0, 0.1) is 12.1 Å². The van der Waals surface area contributed by atoms with Crippen molar-refractivity contribution in [1.29, 1.82) is 0 Å². The molecule has 0 unspecified atom stereocenters. The summed E-state index contributed by atoms with van der Waals surface area (Å²) in [5.41, 5.74) is 9.69. The fraction of sp³-hybridized carbons (Fsp3) is 0.149. The molecule has 5 aromatic carbocycles. The van der Waals surface area contributed by atoms with E-state index in [-0.39, 0.29) is 20.1 Å². The molecule has 0 aliphatic carbocycles. The van der Waals surface area contributed by atoms with Crippen LogP contribution >= 0.6 is 0 Å². The van der Waals surface area contributed by atoms with E-state index in [0.29, 0.717) is 5.56 Å². The number of hydrogen-bond donors (Lipinski definition) is 0. The Labute approximate surface area is 326 Å². The van der Waals surface area contributed by atoms with Crippen LogP contribution in [0.15, 0.2) is 150 Å². The summed E-state index contributed by atoms with van der Waals surface area (Å²) in [5.74, 6) is -0.672. The second kappa shape index (κ2) is 16.2. The topological polar surface area (TPSA) is 38.9 Å². The fourth-order valence-corrected chi connectivity index (χ4v) is 7.50. The molecule has 8 rings (SSSR count). The van der Waals surface area contributed by atoms with Crippen LogP contribution in [0.25, 0.3) is 55.6 Å². The zero-order chi connectivity index (χ0) is 38.1. The quantitative estimate of drug-likeness (QED) is 0.118. The maximum atomic E-state index is 8.84. The van der Waals surface area contributed by atoms with Crippen LogP contribution in [0.4, 0.5) is 0 Å². The van der Waals surface area contributed by atoms with Crippen LogP contribution in [0.3, 0.4) is 0 Å². The van der Waals surface area contributed by atoms with Gasteiger partial charge in [-0.3, -0.25) is 0 Å². The summed E-state index contributed by atoms with van der Waals surface area (Å²) in [5, 5.41) is 3.18. The number of hydrogen-bond acceptors (Lipinski definition) is 3. The molecule has 0 saturated heterocycles. The summed E-state index contributed by atoms with van der Waals surface area (Å²) in [4.78, 5) is 9.13. The minimum Gasteiger partial charge on any atom is -0.500 e. The smallest absolute Gasteiger partial charge is 0.121 e. The van der Waals surface area contributed by atoms with Crippen molar-refractivity contribution in [2.75, 3.05) is 0 Å². The Bertz CT molecular complexity index is 2550. The van der Waals surface area contributed by atoms with E-state index in [2.05, 4.69) is 72.1 Å². The Balaban J connectivity index is 0.000000186. The summed E-state index contributed by atoms with van der Waals surface area (Å²) >= 11 is 0. The first kappa shape index (κ1) is 32.9. The molecule has 5 heteroatoms. The van der Waals surface area contributed by atoms with Gasteiger partial charge in [-0.25, -0.2) is 0 Å². The molecule has 0 atom stereocenters. The number of nitrogens with zero attached hydrogens (tertiary/aromatic N) is 2. The molecule has 0 fully saturated rings. The summed E-state index contributed by atoms with van der Waals surface area (Å²) in [6.45, 7) is 10.4. The van der Waals surface area contributed by atoms with E-state index in [0.717, 1.165) is 66.3 Å². The molecule has 0 amide bonds. The monoisotopic (exact) mass is 874 g/mol. The van der Waals surface area contributed by atoms with Gasteiger partial charge in [0.1, 0.15) is 5.58 Å². The van der Waals surface area contributed by atoms with Crippen molar-refractivity contribution in [3.63, 3.8) is 0 Å². The Kier molecular flexibility index (Phi) is 10.2. The van der Waals surface area contributed by atoms with Gasteiger partial charge >= 0.3 is 0 Å². The number of aromatic nitrogens is 2. The maximum Gasteiger partial charge on any atom is 0.121 e. The van der Waals surface area contributed by atoms with Gasteiger partial charge in [-0.05, 0) is 63.7 Å². The van der Waals surface area contributed by atoms with E-state index >= 15 is 0 Å². The van der Waals surface area contributed by atoms with Gasteiger partial charge in [0.05, 0.1) is 13.7 Å². The second-order valence-corrected chi connectivity index (χ2v) is 18.9. The SMILES string of the molecule is [2H]C(C)(C)c1ccnc(-c2[c-]cc3oc4ccc(-c5ccccc5)cc4c3c2)c1.[2H]C([2H])(c1ccccc1)c1cc(-c2[c-]cccc2)ncc1[Si](C)(C)C.[Ir]. The molecule has 3 nitrogen and oxygen atoms in total. The van der Waals surface area contributed by atoms with Crippen molar-refractivity contribution in [3.8, 4) is 33.6 Å². The van der Waals surface area contributed by atoms with Crippen LogP contribution in [0.2, 0.25) is 19.6 Å². The molecule has 0 aliphatic heterocycles. The Morgan fingerprint density at radius 1 is 0.712 bits per heavy atom. The third-order valence-electron chi connectivity index (χ3n) is 8.87. The Morgan fingerprint density at radius 3 is 2.13 bits per heavy atom. The van der Waals surface area contributed by atoms with Crippen molar-refractivity contribution in [2.45, 2.75) is 45.8 Å². The third-order valence-corrected chi connectivity index (χ3v) is 10.9. The van der Waals surface area contributed by atoms with Crippen molar-refractivity contribution in [1.82, 2.24) is 9.97 Å². The molecule has 3 heterocycles. The number of furan rings is 1. The molecular weight excluding hydrogens is 829 g/mol. The maximum absolute atomic E-state index is 8.84. The predicted molar refractivity (Wildman–Crippen MR) is 216 cm³/mol. The van der Waals surface area contributed by atoms with Crippen LogP contribution < -0.4 is 5.19 Å². The van der Waals surface area contributed by atoms with Gasteiger partial charge in [0.25, 0.3) is 0 Å².